The van der Waals surface area contributed by atoms with Crippen LogP contribution in [-0.2, 0) is 0 Å². The quantitative estimate of drug-likeness (QED) is 0.764. The Labute approximate surface area is 108 Å². The normalized spacial score (nSPS) is 10.6. The van der Waals surface area contributed by atoms with Crippen molar-refractivity contribution in [2.24, 2.45) is 0 Å². The lowest BCUT2D eigenvalue weighted by atomic mass is 10.1. The number of halogens is 1. The van der Waals surface area contributed by atoms with Crippen molar-refractivity contribution in [1.29, 1.82) is 0 Å². The van der Waals surface area contributed by atoms with E-state index in [4.69, 9.17) is 10.3 Å². The average molecular weight is 255 g/mol. The number of nitrogens with zero attached hydrogens (tertiary/aromatic N) is 2. The average Bonchev–Trinajstić information content (AvgIpc) is 2.82. The molecule has 0 radical (unpaired) electrons. The predicted molar refractivity (Wildman–Crippen MR) is 69.5 cm³/mol. The number of hydrogen-bond acceptors (Lipinski definition) is 4. The van der Waals surface area contributed by atoms with Crippen molar-refractivity contribution in [1.82, 2.24) is 10.1 Å². The largest absolute Gasteiger partial charge is 0.380 e. The molecule has 19 heavy (non-hydrogen) atoms. The van der Waals surface area contributed by atoms with Gasteiger partial charge in [-0.3, -0.25) is 4.98 Å². The number of aromatic nitrogens is 2. The molecular weight excluding hydrogens is 245 g/mol. The molecule has 2 aromatic heterocycles. The second-order valence-corrected chi connectivity index (χ2v) is 3.99. The number of benzene rings is 1. The maximum atomic E-state index is 12.9. The van der Waals surface area contributed by atoms with Gasteiger partial charge in [-0.05, 0) is 36.4 Å². The Balaban J connectivity index is 2.16. The number of rotatable bonds is 2. The molecule has 0 aliphatic heterocycles. The summed E-state index contributed by atoms with van der Waals surface area (Å²) in [5, 5.41) is 3.76. The van der Waals surface area contributed by atoms with Crippen molar-refractivity contribution >= 4 is 5.82 Å². The maximum absolute atomic E-state index is 12.9. The molecule has 0 saturated heterocycles. The molecule has 0 aliphatic carbocycles. The Kier molecular flexibility index (Phi) is 2.72. The zero-order valence-corrected chi connectivity index (χ0v) is 9.88. The second-order valence-electron chi connectivity index (χ2n) is 3.99. The van der Waals surface area contributed by atoms with Gasteiger partial charge in [-0.2, -0.15) is 0 Å². The molecule has 0 bridgehead atoms. The van der Waals surface area contributed by atoms with Gasteiger partial charge in [0.2, 0.25) is 0 Å². The minimum absolute atomic E-state index is 0.262. The van der Waals surface area contributed by atoms with Gasteiger partial charge in [0, 0.05) is 11.8 Å². The van der Waals surface area contributed by atoms with Gasteiger partial charge < -0.3 is 10.3 Å². The number of pyridine rings is 1. The van der Waals surface area contributed by atoms with Crippen molar-refractivity contribution in [2.45, 2.75) is 0 Å². The molecule has 1 aromatic carbocycles. The van der Waals surface area contributed by atoms with E-state index in [2.05, 4.69) is 10.1 Å². The monoisotopic (exact) mass is 255 g/mol. The molecule has 3 rings (SSSR count). The molecule has 4 nitrogen and oxygen atoms in total. The highest BCUT2D eigenvalue weighted by Gasteiger charge is 2.18. The Morgan fingerprint density at radius 3 is 2.53 bits per heavy atom. The number of nitrogens with two attached hydrogens (primary N) is 1. The van der Waals surface area contributed by atoms with E-state index in [0.29, 0.717) is 22.6 Å². The van der Waals surface area contributed by atoms with E-state index < -0.39 is 0 Å². The van der Waals surface area contributed by atoms with E-state index in [9.17, 15) is 4.39 Å². The molecule has 0 saturated carbocycles. The summed E-state index contributed by atoms with van der Waals surface area (Å²) >= 11 is 0. The third-order valence-corrected chi connectivity index (χ3v) is 2.75. The summed E-state index contributed by atoms with van der Waals surface area (Å²) in [5.74, 6) is 0.435. The SMILES string of the molecule is Nc1noc(-c2ccc(F)cc2)c1-c1ccccn1. The molecule has 2 N–H and O–H groups in total. The van der Waals surface area contributed by atoms with Crippen LogP contribution in [0.15, 0.2) is 53.2 Å². The van der Waals surface area contributed by atoms with Crippen LogP contribution in [0.4, 0.5) is 10.2 Å². The van der Waals surface area contributed by atoms with Gasteiger partial charge in [-0.15, -0.1) is 0 Å². The van der Waals surface area contributed by atoms with Crippen LogP contribution in [0.25, 0.3) is 22.6 Å². The highest BCUT2D eigenvalue weighted by atomic mass is 19.1. The summed E-state index contributed by atoms with van der Waals surface area (Å²) in [7, 11) is 0. The summed E-state index contributed by atoms with van der Waals surface area (Å²) in [6, 6.07) is 11.4. The highest BCUT2D eigenvalue weighted by molar-refractivity contribution is 5.84. The third-order valence-electron chi connectivity index (χ3n) is 2.75. The fourth-order valence-corrected chi connectivity index (χ4v) is 1.86. The van der Waals surface area contributed by atoms with Crippen LogP contribution in [-0.4, -0.2) is 10.1 Å². The van der Waals surface area contributed by atoms with Crippen LogP contribution in [0, 0.1) is 5.82 Å². The molecule has 0 amide bonds. The molecule has 0 atom stereocenters. The first kappa shape index (κ1) is 11.4. The fraction of sp³-hybridized carbons (Fsp3) is 0. The van der Waals surface area contributed by atoms with Crippen molar-refractivity contribution in [2.75, 3.05) is 5.73 Å². The van der Waals surface area contributed by atoms with Crippen molar-refractivity contribution < 1.29 is 8.91 Å². The van der Waals surface area contributed by atoms with Gasteiger partial charge in [0.25, 0.3) is 0 Å². The predicted octanol–water partition coefficient (Wildman–Crippen LogP) is 3.12. The van der Waals surface area contributed by atoms with E-state index >= 15 is 0 Å². The number of anilines is 1. The lowest BCUT2D eigenvalue weighted by molar-refractivity contribution is 0.436. The van der Waals surface area contributed by atoms with E-state index in [1.54, 1.807) is 18.3 Å². The van der Waals surface area contributed by atoms with Gasteiger partial charge in [-0.25, -0.2) is 4.39 Å². The Morgan fingerprint density at radius 2 is 1.84 bits per heavy atom. The third kappa shape index (κ3) is 2.06. The zero-order chi connectivity index (χ0) is 13.2. The van der Waals surface area contributed by atoms with Gasteiger partial charge >= 0.3 is 0 Å². The van der Waals surface area contributed by atoms with Crippen molar-refractivity contribution in [3.63, 3.8) is 0 Å². The highest BCUT2D eigenvalue weighted by Crippen LogP contribution is 2.35. The van der Waals surface area contributed by atoms with Crippen LogP contribution < -0.4 is 5.73 Å². The summed E-state index contributed by atoms with van der Waals surface area (Å²) in [6.45, 7) is 0. The molecule has 2 heterocycles. The van der Waals surface area contributed by atoms with E-state index in [-0.39, 0.29) is 11.6 Å². The Bertz CT molecular complexity index is 692. The molecule has 0 aliphatic rings. The topological polar surface area (TPSA) is 64.9 Å². The lowest BCUT2D eigenvalue weighted by Gasteiger charge is -2.01. The molecule has 0 unspecified atom stereocenters. The smallest absolute Gasteiger partial charge is 0.178 e. The minimum Gasteiger partial charge on any atom is -0.380 e. The van der Waals surface area contributed by atoms with Crippen LogP contribution in [0.1, 0.15) is 0 Å². The first-order valence-electron chi connectivity index (χ1n) is 5.68. The van der Waals surface area contributed by atoms with Gasteiger partial charge in [0.05, 0.1) is 11.3 Å². The van der Waals surface area contributed by atoms with Crippen LogP contribution in [0.3, 0.4) is 0 Å². The van der Waals surface area contributed by atoms with E-state index in [1.807, 2.05) is 18.2 Å². The minimum atomic E-state index is -0.310. The first-order chi connectivity index (χ1) is 9.25. The Morgan fingerprint density at radius 1 is 1.05 bits per heavy atom. The summed E-state index contributed by atoms with van der Waals surface area (Å²) in [4.78, 5) is 4.23. The molecule has 0 fully saturated rings. The zero-order valence-electron chi connectivity index (χ0n) is 9.88. The second kappa shape index (κ2) is 4.53. The van der Waals surface area contributed by atoms with Gasteiger partial charge in [-0.1, -0.05) is 11.2 Å². The summed E-state index contributed by atoms with van der Waals surface area (Å²) in [5.41, 5.74) is 7.81. The summed E-state index contributed by atoms with van der Waals surface area (Å²) < 4.78 is 18.2. The van der Waals surface area contributed by atoms with Crippen LogP contribution in [0.5, 0.6) is 0 Å². The number of hydrogen-bond donors (Lipinski definition) is 1. The molecule has 5 heteroatoms. The molecular formula is C14H10FN3O. The van der Waals surface area contributed by atoms with E-state index in [0.717, 1.165) is 0 Å². The molecule has 0 spiro atoms. The molecule has 94 valence electrons. The molecule has 3 aromatic rings. The fourth-order valence-electron chi connectivity index (χ4n) is 1.86. The standard InChI is InChI=1S/C14H10FN3O/c15-10-6-4-9(5-7-10)13-12(14(16)18-19-13)11-3-1-2-8-17-11/h1-8H,(H2,16,18). The van der Waals surface area contributed by atoms with E-state index in [1.165, 1.54) is 12.1 Å². The summed E-state index contributed by atoms with van der Waals surface area (Å²) in [6.07, 6.45) is 1.66. The van der Waals surface area contributed by atoms with Crippen molar-refractivity contribution in [3.8, 4) is 22.6 Å². The number of nitrogen functional groups attached to an aromatic ring is 1. The van der Waals surface area contributed by atoms with Crippen LogP contribution >= 0.6 is 0 Å². The first-order valence-corrected chi connectivity index (χ1v) is 5.68. The van der Waals surface area contributed by atoms with Crippen molar-refractivity contribution in [3.05, 3.63) is 54.5 Å². The van der Waals surface area contributed by atoms with Gasteiger partial charge in [0.1, 0.15) is 5.82 Å². The van der Waals surface area contributed by atoms with Crippen LogP contribution in [0.2, 0.25) is 0 Å². The van der Waals surface area contributed by atoms with Gasteiger partial charge in [0.15, 0.2) is 11.6 Å². The Hall–Kier alpha value is -2.69. The maximum Gasteiger partial charge on any atom is 0.178 e. The lowest BCUT2D eigenvalue weighted by Crippen LogP contribution is -1.90.